The van der Waals surface area contributed by atoms with E-state index in [0.29, 0.717) is 43.5 Å². The topological polar surface area (TPSA) is 150 Å². The summed E-state index contributed by atoms with van der Waals surface area (Å²) in [5.41, 5.74) is 2.27. The van der Waals surface area contributed by atoms with E-state index in [9.17, 15) is 24.0 Å². The lowest BCUT2D eigenvalue weighted by Gasteiger charge is -2.25. The Morgan fingerprint density at radius 3 is 2.29 bits per heavy atom. The molecule has 3 atom stereocenters. The summed E-state index contributed by atoms with van der Waals surface area (Å²) in [4.78, 5) is 72.6. The molecule has 0 unspecified atom stereocenters. The van der Waals surface area contributed by atoms with E-state index < -0.39 is 35.8 Å². The Hall–Kier alpha value is -4.77. The van der Waals surface area contributed by atoms with Crippen LogP contribution < -0.4 is 21.3 Å². The zero-order valence-corrected chi connectivity index (χ0v) is 28.3. The molecule has 254 valence electrons. The number of amides is 5. The molecule has 1 aromatic heterocycles. The predicted octanol–water partition coefficient (Wildman–Crippen LogP) is 3.66. The quantitative estimate of drug-likeness (QED) is 0.304. The molecule has 0 saturated heterocycles. The molecule has 2 bridgehead atoms. The fourth-order valence-electron chi connectivity index (χ4n) is 5.40. The molecule has 5 rings (SSSR count). The Labute approximate surface area is 286 Å². The summed E-state index contributed by atoms with van der Waals surface area (Å²) in [6.07, 6.45) is 4.62. The van der Waals surface area contributed by atoms with Crippen LogP contribution in [0.1, 0.15) is 71.9 Å². The average Bonchev–Trinajstić information content (AvgIpc) is 3.06. The van der Waals surface area contributed by atoms with Crippen molar-refractivity contribution in [3.05, 3.63) is 100 Å². The van der Waals surface area contributed by atoms with Gasteiger partial charge in [0.05, 0.1) is 10.6 Å². The summed E-state index contributed by atoms with van der Waals surface area (Å²) in [7, 11) is 0. The minimum absolute atomic E-state index is 0.0568. The number of hydrogen-bond acceptors (Lipinski definition) is 6. The van der Waals surface area contributed by atoms with E-state index in [-0.39, 0.29) is 35.7 Å². The number of rotatable bonds is 5. The largest absolute Gasteiger partial charge is 0.354 e. The molecule has 3 aromatic rings. The van der Waals surface area contributed by atoms with Crippen LogP contribution in [0.4, 0.5) is 0 Å². The summed E-state index contributed by atoms with van der Waals surface area (Å²) in [5, 5.41) is 11.5. The molecule has 12 heteroatoms. The Bertz CT molecular complexity index is 1580. The van der Waals surface area contributed by atoms with Gasteiger partial charge in [0, 0.05) is 44.0 Å². The highest BCUT2D eigenvalue weighted by Crippen LogP contribution is 2.19. The van der Waals surface area contributed by atoms with Crippen molar-refractivity contribution in [2.24, 2.45) is 5.92 Å². The van der Waals surface area contributed by atoms with Gasteiger partial charge in [-0.3, -0.25) is 29.0 Å². The average molecular weight is 675 g/mol. The summed E-state index contributed by atoms with van der Waals surface area (Å²) < 4.78 is 0. The highest BCUT2D eigenvalue weighted by Gasteiger charge is 2.29. The Balaban J connectivity index is 1.63. The summed E-state index contributed by atoms with van der Waals surface area (Å²) in [6, 6.07) is 14.9. The van der Waals surface area contributed by atoms with Crippen molar-refractivity contribution in [1.82, 2.24) is 31.2 Å². The van der Waals surface area contributed by atoms with Gasteiger partial charge in [-0.1, -0.05) is 67.9 Å². The van der Waals surface area contributed by atoms with Gasteiger partial charge >= 0.3 is 0 Å². The van der Waals surface area contributed by atoms with Gasteiger partial charge in [-0.15, -0.1) is 0 Å². The number of benzene rings is 2. The van der Waals surface area contributed by atoms with Gasteiger partial charge in [-0.05, 0) is 61.4 Å². The van der Waals surface area contributed by atoms with Gasteiger partial charge in [0.1, 0.15) is 18.1 Å². The van der Waals surface area contributed by atoms with E-state index in [0.717, 1.165) is 11.1 Å². The van der Waals surface area contributed by atoms with Crippen molar-refractivity contribution in [3.63, 3.8) is 0 Å². The van der Waals surface area contributed by atoms with Gasteiger partial charge in [0.2, 0.25) is 17.7 Å². The van der Waals surface area contributed by atoms with Crippen molar-refractivity contribution in [2.45, 2.75) is 71.1 Å². The molecule has 0 aliphatic carbocycles. The SMILES string of the molecule is CC(C)C[C@@H]1NC(=O)[C@@H](Cc2ccccc2)NC(=O)c2ccc(cc2)CN(C(=O)c2ccncc2Cl)CCCCNC(=O)[C@@H](C)NC1=O. The third kappa shape index (κ3) is 10.4. The minimum Gasteiger partial charge on any atom is -0.354 e. The highest BCUT2D eigenvalue weighted by atomic mass is 35.5. The lowest BCUT2D eigenvalue weighted by Crippen LogP contribution is -2.57. The lowest BCUT2D eigenvalue weighted by atomic mass is 10.0. The molecular formula is C36H43ClN6O5. The van der Waals surface area contributed by atoms with Crippen LogP contribution in [0.5, 0.6) is 0 Å². The van der Waals surface area contributed by atoms with Crippen molar-refractivity contribution in [3.8, 4) is 0 Å². The molecule has 4 N–H and O–H groups in total. The molecule has 5 amide bonds. The van der Waals surface area contributed by atoms with Gasteiger partial charge in [-0.2, -0.15) is 0 Å². The van der Waals surface area contributed by atoms with E-state index in [1.165, 1.54) is 12.4 Å². The number of hydrogen-bond donors (Lipinski definition) is 4. The molecule has 3 heterocycles. The maximum Gasteiger partial charge on any atom is 0.255 e. The van der Waals surface area contributed by atoms with E-state index >= 15 is 0 Å². The van der Waals surface area contributed by atoms with Crippen molar-refractivity contribution < 1.29 is 24.0 Å². The number of pyridine rings is 1. The molecule has 2 aliphatic heterocycles. The third-order valence-electron chi connectivity index (χ3n) is 8.03. The second-order valence-electron chi connectivity index (χ2n) is 12.4. The number of nitrogens with zero attached hydrogens (tertiary/aromatic N) is 2. The number of halogens is 1. The highest BCUT2D eigenvalue weighted by molar-refractivity contribution is 6.33. The summed E-state index contributed by atoms with van der Waals surface area (Å²) in [5.74, 6) is -2.05. The lowest BCUT2D eigenvalue weighted by molar-refractivity contribution is -0.132. The van der Waals surface area contributed by atoms with Crippen LogP contribution in [0, 0.1) is 5.92 Å². The van der Waals surface area contributed by atoms with Crippen LogP contribution in [-0.4, -0.2) is 70.6 Å². The number of nitrogens with one attached hydrogen (secondary N) is 4. The zero-order valence-electron chi connectivity index (χ0n) is 27.5. The van der Waals surface area contributed by atoms with Gasteiger partial charge in [0.15, 0.2) is 0 Å². The normalized spacial score (nSPS) is 20.3. The molecule has 0 radical (unpaired) electrons. The Morgan fingerprint density at radius 2 is 1.60 bits per heavy atom. The standard InChI is InChI=1S/C36H43ClN6O5/c1-23(2)19-30-34(46)40-24(3)32(44)39-16-7-8-18-43(36(48)28-15-17-38-21-29(28)37)22-26-11-13-27(14-12-26)33(45)41-31(35(47)42-30)20-25-9-5-4-6-10-25/h4-6,9-15,17,21,23-24,30-31H,7-8,16,18-20,22H2,1-3H3,(H,39,44)(H,40,46)(H,41,45)(H,42,47)/t24-,30+,31-/m1/s1. The third-order valence-corrected chi connectivity index (χ3v) is 8.33. The van der Waals surface area contributed by atoms with Crippen LogP contribution in [0.15, 0.2) is 73.1 Å². The molecule has 0 fully saturated rings. The monoisotopic (exact) mass is 674 g/mol. The van der Waals surface area contributed by atoms with E-state index in [2.05, 4.69) is 26.3 Å². The van der Waals surface area contributed by atoms with Crippen LogP contribution in [0.25, 0.3) is 0 Å². The van der Waals surface area contributed by atoms with Crippen LogP contribution >= 0.6 is 11.6 Å². The summed E-state index contributed by atoms with van der Waals surface area (Å²) >= 11 is 6.30. The van der Waals surface area contributed by atoms with Crippen LogP contribution in [0.2, 0.25) is 5.02 Å². The minimum atomic E-state index is -0.991. The number of fused-ring (bicyclic) bond motifs is 18. The van der Waals surface area contributed by atoms with E-state index in [1.807, 2.05) is 44.2 Å². The smallest absolute Gasteiger partial charge is 0.255 e. The first-order valence-electron chi connectivity index (χ1n) is 16.2. The maximum absolute atomic E-state index is 13.7. The molecule has 2 aromatic carbocycles. The first kappa shape index (κ1) is 36.1. The molecule has 0 saturated carbocycles. The Kier molecular flexibility index (Phi) is 13.1. The number of carbonyl (C=O) groups is 5. The van der Waals surface area contributed by atoms with Crippen molar-refractivity contribution in [1.29, 1.82) is 0 Å². The zero-order chi connectivity index (χ0) is 34.6. The van der Waals surface area contributed by atoms with Gasteiger partial charge < -0.3 is 26.2 Å². The maximum atomic E-state index is 13.7. The van der Waals surface area contributed by atoms with Crippen molar-refractivity contribution in [2.75, 3.05) is 13.1 Å². The van der Waals surface area contributed by atoms with Crippen LogP contribution in [0.3, 0.4) is 0 Å². The first-order chi connectivity index (χ1) is 23.0. The fourth-order valence-corrected chi connectivity index (χ4v) is 5.60. The molecule has 2 aliphatic rings. The van der Waals surface area contributed by atoms with Crippen molar-refractivity contribution >= 4 is 41.1 Å². The van der Waals surface area contributed by atoms with E-state index in [1.54, 1.807) is 42.2 Å². The molecule has 0 spiro atoms. The second kappa shape index (κ2) is 17.4. The summed E-state index contributed by atoms with van der Waals surface area (Å²) in [6.45, 7) is 6.43. The van der Waals surface area contributed by atoms with E-state index in [4.69, 9.17) is 11.6 Å². The predicted molar refractivity (Wildman–Crippen MR) is 183 cm³/mol. The molecule has 48 heavy (non-hydrogen) atoms. The fraction of sp³-hybridized carbons (Fsp3) is 0.389. The number of carbonyl (C=O) groups excluding carboxylic acids is 5. The van der Waals surface area contributed by atoms with Gasteiger partial charge in [-0.25, -0.2) is 0 Å². The molecular weight excluding hydrogens is 632 g/mol. The Morgan fingerprint density at radius 1 is 0.896 bits per heavy atom. The second-order valence-corrected chi connectivity index (χ2v) is 12.8. The van der Waals surface area contributed by atoms with Gasteiger partial charge in [0.25, 0.3) is 11.8 Å². The van der Waals surface area contributed by atoms with Crippen LogP contribution in [-0.2, 0) is 27.3 Å². The first-order valence-corrected chi connectivity index (χ1v) is 16.6. The number of aromatic nitrogens is 1. The molecule has 11 nitrogen and oxygen atoms in total.